The largest absolute Gasteiger partial charge is 0.506 e. The summed E-state index contributed by atoms with van der Waals surface area (Å²) in [5, 5.41) is 13.6. The molecule has 0 unspecified atom stereocenters. The van der Waals surface area contributed by atoms with Crippen LogP contribution >= 0.6 is 11.6 Å². The molecule has 0 spiro atoms. The average Bonchev–Trinajstić information content (AvgIpc) is 2.71. The lowest BCUT2D eigenvalue weighted by atomic mass is 10.3. The summed E-state index contributed by atoms with van der Waals surface area (Å²) in [5.74, 6) is -0.202. The summed E-state index contributed by atoms with van der Waals surface area (Å²) in [6, 6.07) is 4.09. The van der Waals surface area contributed by atoms with Gasteiger partial charge in [-0.25, -0.2) is 8.42 Å². The van der Waals surface area contributed by atoms with Gasteiger partial charge in [-0.1, -0.05) is 11.6 Å². The number of aromatic hydroxyl groups is 1. The minimum Gasteiger partial charge on any atom is -0.506 e. The first-order valence-electron chi connectivity index (χ1n) is 4.88. The van der Waals surface area contributed by atoms with Crippen LogP contribution in [0.2, 0.25) is 5.02 Å². The monoisotopic (exact) mass is 287 g/mol. The van der Waals surface area contributed by atoms with Gasteiger partial charge >= 0.3 is 0 Å². The molecule has 0 bridgehead atoms. The number of anilines is 1. The summed E-state index contributed by atoms with van der Waals surface area (Å²) < 4.78 is 27.5. The standard InChI is InChI=1S/C10H10ClN3O3S/c1-14-6-8(5-12-14)18(16,17)13-9-4-7(11)2-3-10(9)15/h2-6,13,15H,1H3. The summed E-state index contributed by atoms with van der Waals surface area (Å²) in [6.45, 7) is 0. The van der Waals surface area contributed by atoms with E-state index in [0.29, 0.717) is 5.02 Å². The van der Waals surface area contributed by atoms with E-state index in [4.69, 9.17) is 11.6 Å². The van der Waals surface area contributed by atoms with Crippen molar-refractivity contribution >= 4 is 27.3 Å². The molecule has 0 aliphatic carbocycles. The Bertz CT molecular complexity index is 681. The molecular formula is C10H10ClN3O3S. The molecule has 1 heterocycles. The third-order valence-electron chi connectivity index (χ3n) is 2.19. The fourth-order valence-corrected chi connectivity index (χ4v) is 2.55. The Morgan fingerprint density at radius 1 is 1.44 bits per heavy atom. The van der Waals surface area contributed by atoms with E-state index >= 15 is 0 Å². The van der Waals surface area contributed by atoms with Gasteiger partial charge in [-0.2, -0.15) is 5.10 Å². The number of nitrogens with one attached hydrogen (secondary N) is 1. The van der Waals surface area contributed by atoms with E-state index in [1.807, 2.05) is 0 Å². The molecule has 2 aromatic rings. The van der Waals surface area contributed by atoms with Crippen LogP contribution in [0.5, 0.6) is 5.75 Å². The maximum Gasteiger partial charge on any atom is 0.265 e. The first kappa shape index (κ1) is 12.7. The lowest BCUT2D eigenvalue weighted by molar-refractivity contribution is 0.477. The third-order valence-corrected chi connectivity index (χ3v) is 3.75. The number of hydrogen-bond acceptors (Lipinski definition) is 4. The fraction of sp³-hybridized carbons (Fsp3) is 0.100. The Morgan fingerprint density at radius 3 is 2.78 bits per heavy atom. The van der Waals surface area contributed by atoms with Gasteiger partial charge < -0.3 is 5.11 Å². The van der Waals surface area contributed by atoms with Gasteiger partial charge in [0.1, 0.15) is 10.6 Å². The normalized spacial score (nSPS) is 11.4. The van der Waals surface area contributed by atoms with Crippen molar-refractivity contribution in [1.82, 2.24) is 9.78 Å². The van der Waals surface area contributed by atoms with Crippen LogP contribution < -0.4 is 4.72 Å². The molecule has 0 aliphatic heterocycles. The van der Waals surface area contributed by atoms with Crippen LogP contribution in [0, 0.1) is 0 Å². The zero-order chi connectivity index (χ0) is 13.3. The Balaban J connectivity index is 2.36. The third kappa shape index (κ3) is 2.57. The van der Waals surface area contributed by atoms with Gasteiger partial charge in [-0.3, -0.25) is 9.40 Å². The number of phenols is 1. The molecule has 0 atom stereocenters. The van der Waals surface area contributed by atoms with Crippen molar-refractivity contribution in [2.45, 2.75) is 4.90 Å². The van der Waals surface area contributed by atoms with Gasteiger partial charge in [0.05, 0.1) is 11.9 Å². The second kappa shape index (κ2) is 4.51. The first-order chi connectivity index (χ1) is 8.38. The van der Waals surface area contributed by atoms with E-state index in [-0.39, 0.29) is 16.3 Å². The quantitative estimate of drug-likeness (QED) is 0.840. The van der Waals surface area contributed by atoms with E-state index in [1.54, 1.807) is 7.05 Å². The van der Waals surface area contributed by atoms with Crippen LogP contribution in [0.4, 0.5) is 5.69 Å². The van der Waals surface area contributed by atoms with E-state index in [2.05, 4.69) is 9.82 Å². The van der Waals surface area contributed by atoms with Crippen LogP contribution in [0.1, 0.15) is 0 Å². The van der Waals surface area contributed by atoms with Crippen molar-refractivity contribution in [3.8, 4) is 5.75 Å². The summed E-state index contributed by atoms with van der Waals surface area (Å²) in [7, 11) is -2.18. The van der Waals surface area contributed by atoms with E-state index < -0.39 is 10.0 Å². The summed E-state index contributed by atoms with van der Waals surface area (Å²) in [5.41, 5.74) is 0.0198. The van der Waals surface area contributed by atoms with E-state index in [1.165, 1.54) is 35.3 Å². The van der Waals surface area contributed by atoms with Crippen LogP contribution in [-0.2, 0) is 17.1 Å². The van der Waals surface area contributed by atoms with E-state index in [9.17, 15) is 13.5 Å². The molecule has 1 aromatic heterocycles. The number of benzene rings is 1. The van der Waals surface area contributed by atoms with E-state index in [0.717, 1.165) is 0 Å². The molecule has 0 amide bonds. The molecule has 0 fully saturated rings. The number of nitrogens with zero attached hydrogens (tertiary/aromatic N) is 2. The molecule has 2 N–H and O–H groups in total. The maximum absolute atomic E-state index is 12.0. The second-order valence-corrected chi connectivity index (χ2v) is 5.74. The summed E-state index contributed by atoms with van der Waals surface area (Å²) >= 11 is 5.73. The smallest absolute Gasteiger partial charge is 0.265 e. The van der Waals surface area contributed by atoms with Gasteiger partial charge in [0.25, 0.3) is 10.0 Å². The van der Waals surface area contributed by atoms with Crippen LogP contribution in [0.25, 0.3) is 0 Å². The molecule has 6 nitrogen and oxygen atoms in total. The molecule has 18 heavy (non-hydrogen) atoms. The fourth-order valence-electron chi connectivity index (χ4n) is 1.33. The summed E-state index contributed by atoms with van der Waals surface area (Å²) in [4.78, 5) is 0.00405. The minimum atomic E-state index is -3.78. The lowest BCUT2D eigenvalue weighted by Crippen LogP contribution is -2.12. The highest BCUT2D eigenvalue weighted by Crippen LogP contribution is 2.28. The van der Waals surface area contributed by atoms with Crippen LogP contribution in [0.3, 0.4) is 0 Å². The topological polar surface area (TPSA) is 84.2 Å². The maximum atomic E-state index is 12.0. The Morgan fingerprint density at radius 2 is 2.17 bits per heavy atom. The van der Waals surface area contributed by atoms with Crippen molar-refractivity contribution in [3.05, 3.63) is 35.6 Å². The predicted octanol–water partition coefficient (Wildman–Crippen LogP) is 1.58. The molecule has 0 saturated carbocycles. The van der Waals surface area contributed by atoms with Crippen molar-refractivity contribution in [3.63, 3.8) is 0 Å². The van der Waals surface area contributed by atoms with Gasteiger partial charge in [-0.15, -0.1) is 0 Å². The van der Waals surface area contributed by atoms with Crippen LogP contribution in [0.15, 0.2) is 35.5 Å². The minimum absolute atomic E-state index is 0.00405. The van der Waals surface area contributed by atoms with Gasteiger partial charge in [-0.05, 0) is 18.2 Å². The number of sulfonamides is 1. The first-order valence-corrected chi connectivity index (χ1v) is 6.74. The number of aryl methyl sites for hydroxylation is 1. The molecular weight excluding hydrogens is 278 g/mol. The molecule has 0 radical (unpaired) electrons. The lowest BCUT2D eigenvalue weighted by Gasteiger charge is -2.08. The number of phenolic OH excluding ortho intramolecular Hbond substituents is 1. The van der Waals surface area contributed by atoms with Crippen molar-refractivity contribution < 1.29 is 13.5 Å². The highest BCUT2D eigenvalue weighted by atomic mass is 35.5. The highest BCUT2D eigenvalue weighted by Gasteiger charge is 2.17. The molecule has 96 valence electrons. The highest BCUT2D eigenvalue weighted by molar-refractivity contribution is 7.92. The average molecular weight is 288 g/mol. The zero-order valence-electron chi connectivity index (χ0n) is 9.33. The number of hydrogen-bond donors (Lipinski definition) is 2. The van der Waals surface area contributed by atoms with Gasteiger partial charge in [0.2, 0.25) is 0 Å². The molecule has 2 rings (SSSR count). The van der Waals surface area contributed by atoms with Crippen molar-refractivity contribution in [2.75, 3.05) is 4.72 Å². The summed E-state index contributed by atoms with van der Waals surface area (Å²) in [6.07, 6.45) is 2.56. The molecule has 0 saturated heterocycles. The second-order valence-electron chi connectivity index (χ2n) is 3.62. The van der Waals surface area contributed by atoms with Gasteiger partial charge in [0.15, 0.2) is 0 Å². The number of rotatable bonds is 3. The molecule has 0 aliphatic rings. The van der Waals surface area contributed by atoms with Crippen molar-refractivity contribution in [2.24, 2.45) is 7.05 Å². The number of aromatic nitrogens is 2. The predicted molar refractivity (Wildman–Crippen MR) is 67.1 cm³/mol. The number of halogens is 1. The Kier molecular flexibility index (Phi) is 3.18. The Hall–Kier alpha value is -1.73. The van der Waals surface area contributed by atoms with Gasteiger partial charge in [0, 0.05) is 18.3 Å². The molecule has 1 aromatic carbocycles. The Labute approximate surface area is 109 Å². The van der Waals surface area contributed by atoms with Crippen LogP contribution in [-0.4, -0.2) is 23.3 Å². The SMILES string of the molecule is Cn1cc(S(=O)(=O)Nc2cc(Cl)ccc2O)cn1. The molecule has 8 heteroatoms. The zero-order valence-corrected chi connectivity index (χ0v) is 10.9. The van der Waals surface area contributed by atoms with Crippen molar-refractivity contribution in [1.29, 1.82) is 0 Å².